The number of Topliss-reactive ketones (excluding diaryl/α,β-unsaturated/α-hetero) is 1. The highest BCUT2D eigenvalue weighted by molar-refractivity contribution is 7.14. The van der Waals surface area contributed by atoms with Crippen molar-refractivity contribution in [1.82, 2.24) is 4.98 Å². The number of para-hydroxylation sites is 1. The zero-order chi connectivity index (χ0) is 10.7. The van der Waals surface area contributed by atoms with Gasteiger partial charge < -0.3 is 5.32 Å². The van der Waals surface area contributed by atoms with Crippen LogP contribution in [0.15, 0.2) is 35.7 Å². The van der Waals surface area contributed by atoms with Crippen molar-refractivity contribution in [2.75, 3.05) is 5.32 Å². The van der Waals surface area contributed by atoms with Gasteiger partial charge in [0.1, 0.15) is 5.69 Å². The third kappa shape index (κ3) is 2.41. The number of rotatable bonds is 3. The van der Waals surface area contributed by atoms with Crippen molar-refractivity contribution in [3.8, 4) is 0 Å². The van der Waals surface area contributed by atoms with E-state index in [0.29, 0.717) is 5.69 Å². The van der Waals surface area contributed by atoms with Gasteiger partial charge in [0.25, 0.3) is 0 Å². The molecule has 0 radical (unpaired) electrons. The zero-order valence-electron chi connectivity index (χ0n) is 8.23. The summed E-state index contributed by atoms with van der Waals surface area (Å²) in [5, 5.41) is 5.63. The van der Waals surface area contributed by atoms with Gasteiger partial charge >= 0.3 is 0 Å². The Balaban J connectivity index is 2.15. The molecule has 0 atom stereocenters. The average Bonchev–Trinajstić information content (AvgIpc) is 2.68. The summed E-state index contributed by atoms with van der Waals surface area (Å²) in [7, 11) is 0. The van der Waals surface area contributed by atoms with Crippen molar-refractivity contribution in [2.24, 2.45) is 0 Å². The minimum atomic E-state index is -0.00707. The summed E-state index contributed by atoms with van der Waals surface area (Å²) in [4.78, 5) is 15.2. The summed E-state index contributed by atoms with van der Waals surface area (Å²) in [6, 6.07) is 9.75. The van der Waals surface area contributed by atoms with Crippen LogP contribution in [0.25, 0.3) is 0 Å². The molecule has 4 heteroatoms. The van der Waals surface area contributed by atoms with E-state index in [0.717, 1.165) is 10.8 Å². The van der Waals surface area contributed by atoms with Crippen LogP contribution in [0.5, 0.6) is 0 Å². The van der Waals surface area contributed by atoms with Gasteiger partial charge in [-0.2, -0.15) is 0 Å². The van der Waals surface area contributed by atoms with Crippen LogP contribution in [-0.4, -0.2) is 10.8 Å². The molecule has 1 N–H and O–H groups in total. The molecule has 0 amide bonds. The van der Waals surface area contributed by atoms with Crippen LogP contribution in [0.3, 0.4) is 0 Å². The highest BCUT2D eigenvalue weighted by atomic mass is 32.1. The molecule has 1 aromatic heterocycles. The monoisotopic (exact) mass is 218 g/mol. The second-order valence-electron chi connectivity index (χ2n) is 3.09. The van der Waals surface area contributed by atoms with E-state index in [-0.39, 0.29) is 5.78 Å². The first-order valence-corrected chi connectivity index (χ1v) is 5.42. The molecule has 0 spiro atoms. The van der Waals surface area contributed by atoms with Crippen LogP contribution in [0.2, 0.25) is 0 Å². The van der Waals surface area contributed by atoms with E-state index in [4.69, 9.17) is 0 Å². The Morgan fingerprint density at radius 2 is 2.07 bits per heavy atom. The molecule has 0 saturated carbocycles. The van der Waals surface area contributed by atoms with Crippen LogP contribution < -0.4 is 5.32 Å². The van der Waals surface area contributed by atoms with Gasteiger partial charge in [-0.25, -0.2) is 4.98 Å². The SMILES string of the molecule is CC(=O)c1csc(Nc2ccccc2)n1. The number of benzene rings is 1. The van der Waals surface area contributed by atoms with Crippen LogP contribution in [0, 0.1) is 0 Å². The topological polar surface area (TPSA) is 42.0 Å². The average molecular weight is 218 g/mol. The van der Waals surface area contributed by atoms with Gasteiger partial charge in [-0.15, -0.1) is 11.3 Å². The second-order valence-corrected chi connectivity index (χ2v) is 3.94. The fourth-order valence-electron chi connectivity index (χ4n) is 1.14. The summed E-state index contributed by atoms with van der Waals surface area (Å²) < 4.78 is 0. The number of aromatic nitrogens is 1. The summed E-state index contributed by atoms with van der Waals surface area (Å²) in [6.45, 7) is 1.52. The maximum Gasteiger partial charge on any atom is 0.187 e. The summed E-state index contributed by atoms with van der Waals surface area (Å²) >= 11 is 1.43. The number of hydrogen-bond acceptors (Lipinski definition) is 4. The van der Waals surface area contributed by atoms with E-state index in [9.17, 15) is 4.79 Å². The first kappa shape index (κ1) is 9.86. The highest BCUT2D eigenvalue weighted by Gasteiger charge is 2.05. The van der Waals surface area contributed by atoms with Crippen LogP contribution >= 0.6 is 11.3 Å². The van der Waals surface area contributed by atoms with E-state index >= 15 is 0 Å². The van der Waals surface area contributed by atoms with Gasteiger partial charge in [0.05, 0.1) is 0 Å². The summed E-state index contributed by atoms with van der Waals surface area (Å²) in [5.41, 5.74) is 1.49. The molecule has 0 fully saturated rings. The van der Waals surface area contributed by atoms with Gasteiger partial charge in [0, 0.05) is 18.0 Å². The molecule has 1 heterocycles. The molecule has 0 bridgehead atoms. The van der Waals surface area contributed by atoms with Crippen LogP contribution in [-0.2, 0) is 0 Å². The maximum atomic E-state index is 11.0. The molecule has 0 aliphatic rings. The number of nitrogens with zero attached hydrogens (tertiary/aromatic N) is 1. The van der Waals surface area contributed by atoms with Crippen LogP contribution in [0.1, 0.15) is 17.4 Å². The van der Waals surface area contributed by atoms with E-state index in [1.807, 2.05) is 30.3 Å². The molecule has 2 rings (SSSR count). The van der Waals surface area contributed by atoms with Gasteiger partial charge in [0.2, 0.25) is 0 Å². The standard InChI is InChI=1S/C11H10N2OS/c1-8(14)10-7-15-11(13-10)12-9-5-3-2-4-6-9/h2-7H,1H3,(H,12,13). The van der Waals surface area contributed by atoms with Crippen molar-refractivity contribution in [1.29, 1.82) is 0 Å². The molecule has 0 aliphatic carbocycles. The molecule has 2 aromatic rings. The smallest absolute Gasteiger partial charge is 0.187 e. The number of nitrogens with one attached hydrogen (secondary N) is 1. The fraction of sp³-hybridized carbons (Fsp3) is 0.0909. The van der Waals surface area contributed by atoms with Crippen molar-refractivity contribution in [3.05, 3.63) is 41.4 Å². The molecule has 15 heavy (non-hydrogen) atoms. The largest absolute Gasteiger partial charge is 0.332 e. The zero-order valence-corrected chi connectivity index (χ0v) is 9.04. The Morgan fingerprint density at radius 3 is 2.67 bits per heavy atom. The Bertz CT molecular complexity index is 464. The van der Waals surface area contributed by atoms with E-state index < -0.39 is 0 Å². The molecule has 0 unspecified atom stereocenters. The number of carbonyl (C=O) groups excluding carboxylic acids is 1. The van der Waals surface area contributed by atoms with Gasteiger partial charge in [-0.3, -0.25) is 4.79 Å². The summed E-state index contributed by atoms with van der Waals surface area (Å²) in [6.07, 6.45) is 0. The van der Waals surface area contributed by atoms with E-state index in [1.165, 1.54) is 18.3 Å². The van der Waals surface area contributed by atoms with Crippen LogP contribution in [0.4, 0.5) is 10.8 Å². The first-order chi connectivity index (χ1) is 7.25. The quantitative estimate of drug-likeness (QED) is 0.805. The number of anilines is 2. The number of carbonyl (C=O) groups is 1. The van der Waals surface area contributed by atoms with E-state index in [1.54, 1.807) is 5.38 Å². The molecule has 0 aliphatic heterocycles. The third-order valence-electron chi connectivity index (χ3n) is 1.89. The molecular formula is C11H10N2OS. The minimum absolute atomic E-state index is 0.00707. The second kappa shape index (κ2) is 4.23. The third-order valence-corrected chi connectivity index (χ3v) is 2.65. The lowest BCUT2D eigenvalue weighted by Crippen LogP contribution is -1.93. The van der Waals surface area contributed by atoms with E-state index in [2.05, 4.69) is 10.3 Å². The molecular weight excluding hydrogens is 208 g/mol. The predicted octanol–water partition coefficient (Wildman–Crippen LogP) is 3.09. The Kier molecular flexibility index (Phi) is 2.78. The van der Waals surface area contributed by atoms with Crippen molar-refractivity contribution < 1.29 is 4.79 Å². The summed E-state index contributed by atoms with van der Waals surface area (Å²) in [5.74, 6) is -0.00707. The Hall–Kier alpha value is -1.68. The fourth-order valence-corrected chi connectivity index (χ4v) is 1.91. The maximum absolute atomic E-state index is 11.0. The minimum Gasteiger partial charge on any atom is -0.332 e. The predicted molar refractivity (Wildman–Crippen MR) is 61.8 cm³/mol. The van der Waals surface area contributed by atoms with Gasteiger partial charge in [0.15, 0.2) is 10.9 Å². The Labute approximate surface area is 91.8 Å². The normalized spacial score (nSPS) is 9.93. The number of thiazole rings is 1. The van der Waals surface area contributed by atoms with Crippen molar-refractivity contribution in [2.45, 2.75) is 6.92 Å². The lowest BCUT2D eigenvalue weighted by molar-refractivity contribution is 0.101. The van der Waals surface area contributed by atoms with Gasteiger partial charge in [-0.1, -0.05) is 18.2 Å². The molecule has 0 saturated heterocycles. The molecule has 76 valence electrons. The highest BCUT2D eigenvalue weighted by Crippen LogP contribution is 2.20. The number of hydrogen-bond donors (Lipinski definition) is 1. The lowest BCUT2D eigenvalue weighted by Gasteiger charge is -2.00. The number of ketones is 1. The van der Waals surface area contributed by atoms with Crippen molar-refractivity contribution in [3.63, 3.8) is 0 Å². The lowest BCUT2D eigenvalue weighted by atomic mass is 10.3. The Morgan fingerprint density at radius 1 is 1.33 bits per heavy atom. The molecule has 1 aromatic carbocycles. The molecule has 3 nitrogen and oxygen atoms in total. The first-order valence-electron chi connectivity index (χ1n) is 4.54. The van der Waals surface area contributed by atoms with Crippen molar-refractivity contribution >= 4 is 27.9 Å². The van der Waals surface area contributed by atoms with Gasteiger partial charge in [-0.05, 0) is 12.1 Å².